The molecule has 0 aliphatic carbocycles. The van der Waals surface area contributed by atoms with E-state index in [9.17, 15) is 0 Å². The maximum atomic E-state index is 5.77. The summed E-state index contributed by atoms with van der Waals surface area (Å²) in [6.07, 6.45) is 1.54. The van der Waals surface area contributed by atoms with E-state index in [4.69, 9.17) is 4.74 Å². The molecule has 0 fully saturated rings. The molecular formula is C20H24N6O. The molecule has 1 heterocycles. The summed E-state index contributed by atoms with van der Waals surface area (Å²) in [6.45, 7) is 1.79. The molecule has 7 nitrogen and oxygen atoms in total. The average Bonchev–Trinajstić information content (AvgIpc) is 3.13. The van der Waals surface area contributed by atoms with Crippen molar-refractivity contribution in [1.82, 2.24) is 25.4 Å². The Kier molecular flexibility index (Phi) is 6.40. The van der Waals surface area contributed by atoms with Crippen molar-refractivity contribution in [2.75, 3.05) is 7.05 Å². The largest absolute Gasteiger partial charge is 0.489 e. The average molecular weight is 364 g/mol. The fraction of sp³-hybridized carbons (Fsp3) is 0.250. The van der Waals surface area contributed by atoms with Crippen molar-refractivity contribution < 1.29 is 4.74 Å². The van der Waals surface area contributed by atoms with Crippen LogP contribution in [0.1, 0.15) is 17.0 Å². The van der Waals surface area contributed by atoms with Gasteiger partial charge in [-0.1, -0.05) is 42.5 Å². The molecule has 2 aromatic carbocycles. The molecule has 0 aliphatic rings. The van der Waals surface area contributed by atoms with Crippen LogP contribution in [-0.4, -0.2) is 27.8 Å². The topological polar surface area (TPSA) is 76.4 Å². The van der Waals surface area contributed by atoms with E-state index < -0.39 is 0 Å². The van der Waals surface area contributed by atoms with Gasteiger partial charge in [0.1, 0.15) is 24.5 Å². The fourth-order valence-electron chi connectivity index (χ4n) is 2.49. The summed E-state index contributed by atoms with van der Waals surface area (Å²) in [5.74, 6) is 2.44. The van der Waals surface area contributed by atoms with Gasteiger partial charge in [0, 0.05) is 20.6 Å². The molecule has 3 aromatic rings. The molecule has 0 saturated carbocycles. The smallest absolute Gasteiger partial charge is 0.191 e. The van der Waals surface area contributed by atoms with E-state index in [1.165, 1.54) is 11.9 Å². The van der Waals surface area contributed by atoms with Gasteiger partial charge in [0.25, 0.3) is 0 Å². The third-order valence-electron chi connectivity index (χ3n) is 4.07. The first-order valence-electron chi connectivity index (χ1n) is 8.77. The Bertz CT molecular complexity index is 858. The highest BCUT2D eigenvalue weighted by Crippen LogP contribution is 2.12. The Morgan fingerprint density at radius 2 is 1.70 bits per heavy atom. The number of hydrogen-bond donors (Lipinski definition) is 2. The summed E-state index contributed by atoms with van der Waals surface area (Å²) in [7, 11) is 3.61. The van der Waals surface area contributed by atoms with E-state index in [0.717, 1.165) is 23.1 Å². The molecule has 0 amide bonds. The van der Waals surface area contributed by atoms with Crippen molar-refractivity contribution >= 4 is 5.96 Å². The molecule has 0 radical (unpaired) electrons. The minimum absolute atomic E-state index is 0.554. The lowest BCUT2D eigenvalue weighted by molar-refractivity contribution is 0.306. The van der Waals surface area contributed by atoms with Gasteiger partial charge in [-0.3, -0.25) is 9.67 Å². The number of aliphatic imine (C=N–C) groups is 1. The van der Waals surface area contributed by atoms with Crippen molar-refractivity contribution in [2.24, 2.45) is 12.0 Å². The number of benzene rings is 2. The lowest BCUT2D eigenvalue weighted by atomic mass is 10.1. The highest BCUT2D eigenvalue weighted by Gasteiger charge is 2.03. The van der Waals surface area contributed by atoms with Crippen LogP contribution in [-0.2, 0) is 26.7 Å². The van der Waals surface area contributed by atoms with E-state index in [1.54, 1.807) is 11.7 Å². The van der Waals surface area contributed by atoms with Crippen LogP contribution in [0.5, 0.6) is 5.75 Å². The molecule has 0 spiro atoms. The van der Waals surface area contributed by atoms with Gasteiger partial charge < -0.3 is 15.4 Å². The van der Waals surface area contributed by atoms with Gasteiger partial charge in [0.2, 0.25) is 0 Å². The van der Waals surface area contributed by atoms with Crippen LogP contribution in [0.15, 0.2) is 65.9 Å². The summed E-state index contributed by atoms with van der Waals surface area (Å²) in [4.78, 5) is 8.41. The van der Waals surface area contributed by atoms with Crippen LogP contribution < -0.4 is 15.4 Å². The zero-order chi connectivity index (χ0) is 18.9. The normalized spacial score (nSPS) is 11.3. The zero-order valence-electron chi connectivity index (χ0n) is 15.6. The summed E-state index contributed by atoms with van der Waals surface area (Å²) >= 11 is 0. The lowest BCUT2D eigenvalue weighted by Gasteiger charge is -2.12. The predicted molar refractivity (Wildman–Crippen MR) is 105 cm³/mol. The van der Waals surface area contributed by atoms with Crippen molar-refractivity contribution in [1.29, 1.82) is 0 Å². The van der Waals surface area contributed by atoms with Gasteiger partial charge >= 0.3 is 0 Å². The molecule has 7 heteroatoms. The molecule has 0 bridgehead atoms. The van der Waals surface area contributed by atoms with Crippen molar-refractivity contribution in [3.63, 3.8) is 0 Å². The fourth-order valence-corrected chi connectivity index (χ4v) is 2.49. The lowest BCUT2D eigenvalue weighted by Crippen LogP contribution is -2.36. The number of aryl methyl sites for hydroxylation is 1. The zero-order valence-corrected chi connectivity index (χ0v) is 15.6. The van der Waals surface area contributed by atoms with Gasteiger partial charge in [-0.15, -0.1) is 0 Å². The first-order valence-corrected chi connectivity index (χ1v) is 8.77. The quantitative estimate of drug-likeness (QED) is 0.497. The van der Waals surface area contributed by atoms with Gasteiger partial charge in [-0.2, -0.15) is 5.10 Å². The number of aromatic nitrogens is 3. The first-order chi connectivity index (χ1) is 13.2. The van der Waals surface area contributed by atoms with Crippen LogP contribution >= 0.6 is 0 Å². The molecule has 2 N–H and O–H groups in total. The number of para-hydroxylation sites is 1. The SMILES string of the molecule is CN=C(NCc1ccc(COc2ccccc2)cc1)NCc1ncnn1C. The summed E-state index contributed by atoms with van der Waals surface area (Å²) in [5.41, 5.74) is 2.30. The van der Waals surface area contributed by atoms with Crippen molar-refractivity contribution in [3.8, 4) is 5.75 Å². The molecule has 3 rings (SSSR count). The number of nitrogens with zero attached hydrogens (tertiary/aromatic N) is 4. The van der Waals surface area contributed by atoms with Crippen LogP contribution in [0.3, 0.4) is 0 Å². The second kappa shape index (κ2) is 9.38. The Morgan fingerprint density at radius 1 is 1.00 bits per heavy atom. The van der Waals surface area contributed by atoms with Gasteiger partial charge in [0.15, 0.2) is 5.96 Å². The van der Waals surface area contributed by atoms with E-state index in [-0.39, 0.29) is 0 Å². The number of guanidine groups is 1. The minimum Gasteiger partial charge on any atom is -0.489 e. The minimum atomic E-state index is 0.554. The molecule has 0 unspecified atom stereocenters. The van der Waals surface area contributed by atoms with Crippen LogP contribution in [0.2, 0.25) is 0 Å². The highest BCUT2D eigenvalue weighted by molar-refractivity contribution is 5.79. The number of rotatable bonds is 7. The Hall–Kier alpha value is -3.35. The molecule has 140 valence electrons. The van der Waals surface area contributed by atoms with E-state index >= 15 is 0 Å². The Balaban J connectivity index is 1.45. The third kappa shape index (κ3) is 5.57. The van der Waals surface area contributed by atoms with E-state index in [0.29, 0.717) is 19.7 Å². The monoisotopic (exact) mass is 364 g/mol. The van der Waals surface area contributed by atoms with Crippen LogP contribution in [0.25, 0.3) is 0 Å². The number of hydrogen-bond acceptors (Lipinski definition) is 4. The summed E-state index contributed by atoms with van der Waals surface area (Å²) < 4.78 is 7.50. The molecular weight excluding hydrogens is 340 g/mol. The Morgan fingerprint density at radius 3 is 2.37 bits per heavy atom. The second-order valence-electron chi connectivity index (χ2n) is 6.00. The number of ether oxygens (including phenoxy) is 1. The van der Waals surface area contributed by atoms with Gasteiger partial charge in [-0.05, 0) is 23.3 Å². The molecule has 0 aliphatic heterocycles. The second-order valence-corrected chi connectivity index (χ2v) is 6.00. The standard InChI is InChI=1S/C20H24N6O/c1-21-20(23-13-19-24-15-25-26(19)2)22-12-16-8-10-17(11-9-16)14-27-18-6-4-3-5-7-18/h3-11,15H,12-14H2,1-2H3,(H2,21,22,23). The number of nitrogens with one attached hydrogen (secondary N) is 2. The summed E-state index contributed by atoms with van der Waals surface area (Å²) in [6, 6.07) is 18.2. The van der Waals surface area contributed by atoms with Crippen LogP contribution in [0, 0.1) is 0 Å². The molecule has 1 aromatic heterocycles. The van der Waals surface area contributed by atoms with E-state index in [2.05, 4.69) is 50.0 Å². The maximum absolute atomic E-state index is 5.77. The molecule has 0 atom stereocenters. The van der Waals surface area contributed by atoms with Gasteiger partial charge in [0.05, 0.1) is 6.54 Å². The third-order valence-corrected chi connectivity index (χ3v) is 4.07. The highest BCUT2D eigenvalue weighted by atomic mass is 16.5. The predicted octanol–water partition coefficient (Wildman–Crippen LogP) is 2.26. The first kappa shape index (κ1) is 18.4. The maximum Gasteiger partial charge on any atom is 0.191 e. The van der Waals surface area contributed by atoms with Crippen molar-refractivity contribution in [3.05, 3.63) is 77.9 Å². The van der Waals surface area contributed by atoms with E-state index in [1.807, 2.05) is 37.4 Å². The summed E-state index contributed by atoms with van der Waals surface area (Å²) in [5, 5.41) is 10.6. The van der Waals surface area contributed by atoms with Crippen LogP contribution in [0.4, 0.5) is 0 Å². The van der Waals surface area contributed by atoms with Crippen molar-refractivity contribution in [2.45, 2.75) is 19.7 Å². The molecule has 0 saturated heterocycles. The van der Waals surface area contributed by atoms with Gasteiger partial charge in [-0.25, -0.2) is 4.98 Å². The Labute approximate surface area is 159 Å². The molecule has 27 heavy (non-hydrogen) atoms.